The predicted octanol–water partition coefficient (Wildman–Crippen LogP) is 3.29. The second-order valence-corrected chi connectivity index (χ2v) is 7.19. The third-order valence-corrected chi connectivity index (χ3v) is 4.96. The second-order valence-electron chi connectivity index (χ2n) is 6.71. The number of nitrogens with one attached hydrogen (secondary N) is 1. The maximum atomic E-state index is 6.47. The number of aryl methyl sites for hydroxylation is 2. The normalized spacial score (nSPS) is 16.5. The average Bonchev–Trinajstić information content (AvgIpc) is 2.59. The Morgan fingerprint density at radius 3 is 2.50 bits per heavy atom. The lowest BCUT2D eigenvalue weighted by atomic mass is 10.1. The summed E-state index contributed by atoms with van der Waals surface area (Å²) in [6.07, 6.45) is 2.09. The van der Waals surface area contributed by atoms with E-state index in [1.54, 1.807) is 4.90 Å². The van der Waals surface area contributed by atoms with Gasteiger partial charge in [0.25, 0.3) is 0 Å². The molecule has 0 saturated carbocycles. The molecule has 0 bridgehead atoms. The van der Waals surface area contributed by atoms with Gasteiger partial charge in [-0.2, -0.15) is 0 Å². The Labute approximate surface area is 150 Å². The summed E-state index contributed by atoms with van der Waals surface area (Å²) >= 11 is 6.47. The minimum atomic E-state index is 0.914. The van der Waals surface area contributed by atoms with E-state index in [9.17, 15) is 0 Å². The van der Waals surface area contributed by atoms with Crippen molar-refractivity contribution in [1.82, 2.24) is 0 Å². The molecule has 126 valence electrons. The van der Waals surface area contributed by atoms with E-state index in [0.29, 0.717) is 0 Å². The van der Waals surface area contributed by atoms with E-state index in [4.69, 9.17) is 11.6 Å². The molecule has 0 radical (unpaired) electrons. The molecular formula is C21H26ClN2+. The van der Waals surface area contributed by atoms with Crippen LogP contribution in [0.25, 0.3) is 6.08 Å². The van der Waals surface area contributed by atoms with E-state index in [2.05, 4.69) is 55.2 Å². The van der Waals surface area contributed by atoms with Gasteiger partial charge in [-0.1, -0.05) is 54.1 Å². The highest BCUT2D eigenvalue weighted by Gasteiger charge is 2.21. The number of quaternary nitrogens is 1. The molecule has 0 spiro atoms. The van der Waals surface area contributed by atoms with Crippen LogP contribution in [0, 0.1) is 13.8 Å². The van der Waals surface area contributed by atoms with Gasteiger partial charge < -0.3 is 9.80 Å². The average molecular weight is 342 g/mol. The maximum absolute atomic E-state index is 6.47. The van der Waals surface area contributed by atoms with Crippen molar-refractivity contribution < 1.29 is 4.90 Å². The summed E-state index contributed by atoms with van der Waals surface area (Å²) in [5.41, 5.74) is 5.26. The van der Waals surface area contributed by atoms with Crippen molar-refractivity contribution in [2.75, 3.05) is 37.6 Å². The van der Waals surface area contributed by atoms with E-state index >= 15 is 0 Å². The largest absolute Gasteiger partial charge is 0.360 e. The lowest BCUT2D eigenvalue weighted by Crippen LogP contribution is -3.15. The molecule has 1 aliphatic rings. The topological polar surface area (TPSA) is 7.68 Å². The van der Waals surface area contributed by atoms with Crippen molar-refractivity contribution in [1.29, 1.82) is 0 Å². The van der Waals surface area contributed by atoms with Crippen LogP contribution in [0.2, 0.25) is 0 Å². The predicted molar refractivity (Wildman–Crippen MR) is 104 cm³/mol. The molecular weight excluding hydrogens is 316 g/mol. The van der Waals surface area contributed by atoms with Crippen molar-refractivity contribution in [3.8, 4) is 0 Å². The summed E-state index contributed by atoms with van der Waals surface area (Å²) in [5.74, 6) is 0. The zero-order valence-electron chi connectivity index (χ0n) is 14.6. The number of piperazine rings is 1. The van der Waals surface area contributed by atoms with Crippen LogP contribution in [0.4, 0.5) is 5.69 Å². The van der Waals surface area contributed by atoms with Gasteiger partial charge in [-0.15, -0.1) is 0 Å². The van der Waals surface area contributed by atoms with Crippen LogP contribution in [-0.4, -0.2) is 32.7 Å². The zero-order chi connectivity index (χ0) is 16.9. The van der Waals surface area contributed by atoms with Gasteiger partial charge in [0, 0.05) is 5.69 Å². The van der Waals surface area contributed by atoms with Gasteiger partial charge >= 0.3 is 0 Å². The van der Waals surface area contributed by atoms with Crippen molar-refractivity contribution >= 4 is 23.4 Å². The van der Waals surface area contributed by atoms with Crippen LogP contribution in [0.15, 0.2) is 53.6 Å². The Morgan fingerprint density at radius 1 is 1.08 bits per heavy atom. The molecule has 0 atom stereocenters. The van der Waals surface area contributed by atoms with Crippen LogP contribution in [0.5, 0.6) is 0 Å². The van der Waals surface area contributed by atoms with Gasteiger partial charge in [0.15, 0.2) is 0 Å². The lowest BCUT2D eigenvalue weighted by Gasteiger charge is -2.34. The summed E-state index contributed by atoms with van der Waals surface area (Å²) in [6.45, 7) is 9.73. The minimum absolute atomic E-state index is 0.914. The first-order chi connectivity index (χ1) is 11.6. The molecule has 2 aromatic rings. The van der Waals surface area contributed by atoms with E-state index < -0.39 is 0 Å². The number of hydrogen-bond donors (Lipinski definition) is 1. The molecule has 1 N–H and O–H groups in total. The summed E-state index contributed by atoms with van der Waals surface area (Å²) in [4.78, 5) is 4.08. The number of rotatable bonds is 4. The van der Waals surface area contributed by atoms with Gasteiger partial charge in [-0.05, 0) is 42.7 Å². The summed E-state index contributed by atoms with van der Waals surface area (Å²) < 4.78 is 0. The molecule has 1 aliphatic heterocycles. The lowest BCUT2D eigenvalue weighted by molar-refractivity contribution is -0.895. The molecule has 3 heteroatoms. The third kappa shape index (κ3) is 4.40. The first-order valence-electron chi connectivity index (χ1n) is 8.69. The molecule has 24 heavy (non-hydrogen) atoms. The molecule has 0 aliphatic carbocycles. The second kappa shape index (κ2) is 7.87. The molecule has 2 aromatic carbocycles. The zero-order valence-corrected chi connectivity index (χ0v) is 15.3. The third-order valence-electron chi connectivity index (χ3n) is 4.72. The van der Waals surface area contributed by atoms with E-state index in [0.717, 1.165) is 37.8 Å². The van der Waals surface area contributed by atoms with Gasteiger partial charge in [-0.25, -0.2) is 0 Å². The number of hydrogen-bond acceptors (Lipinski definition) is 1. The van der Waals surface area contributed by atoms with Crippen molar-refractivity contribution in [3.63, 3.8) is 0 Å². The molecule has 0 aromatic heterocycles. The van der Waals surface area contributed by atoms with Crippen LogP contribution < -0.4 is 9.80 Å². The number of halogens is 1. The first-order valence-corrected chi connectivity index (χ1v) is 9.06. The van der Waals surface area contributed by atoms with Crippen LogP contribution in [0.1, 0.15) is 16.7 Å². The van der Waals surface area contributed by atoms with Gasteiger partial charge in [0.2, 0.25) is 0 Å². The summed E-state index contributed by atoms with van der Waals surface area (Å²) in [7, 11) is 0. The standard InChI is InChI=1S/C21H25ClN2/c1-17-8-9-18(2)21(14-17)24-12-10-23(11-13-24)16-20(22)15-19-6-4-3-5-7-19/h3-9,14-15H,10-13,16H2,1-2H3/p+1/b20-15-. The Hall–Kier alpha value is -1.77. The van der Waals surface area contributed by atoms with Gasteiger partial charge in [0.05, 0.1) is 31.2 Å². The Morgan fingerprint density at radius 2 is 1.79 bits per heavy atom. The highest BCUT2D eigenvalue weighted by Crippen LogP contribution is 2.21. The van der Waals surface area contributed by atoms with Crippen LogP contribution in [-0.2, 0) is 0 Å². The van der Waals surface area contributed by atoms with Crippen LogP contribution in [0.3, 0.4) is 0 Å². The maximum Gasteiger partial charge on any atom is 0.114 e. The van der Waals surface area contributed by atoms with Gasteiger partial charge in [-0.3, -0.25) is 0 Å². The number of nitrogens with zero attached hydrogens (tertiary/aromatic N) is 1. The van der Waals surface area contributed by atoms with Crippen molar-refractivity contribution in [2.45, 2.75) is 13.8 Å². The van der Waals surface area contributed by atoms with E-state index in [1.807, 2.05) is 18.2 Å². The Kier molecular flexibility index (Phi) is 5.60. The highest BCUT2D eigenvalue weighted by atomic mass is 35.5. The molecule has 1 heterocycles. The Balaban J connectivity index is 1.57. The minimum Gasteiger partial charge on any atom is -0.360 e. The SMILES string of the molecule is Cc1ccc(C)c(N2CC[NH+](C/C(Cl)=C/c3ccccc3)CC2)c1. The first kappa shape index (κ1) is 17.1. The molecule has 2 nitrogen and oxygen atoms in total. The fourth-order valence-corrected chi connectivity index (χ4v) is 3.64. The smallest absolute Gasteiger partial charge is 0.114 e. The summed E-state index contributed by atoms with van der Waals surface area (Å²) in [5, 5.41) is 0.941. The molecule has 3 rings (SSSR count). The van der Waals surface area contributed by atoms with E-state index in [-0.39, 0.29) is 0 Å². The molecule has 1 fully saturated rings. The van der Waals surface area contributed by atoms with Crippen molar-refractivity contribution in [2.24, 2.45) is 0 Å². The number of anilines is 1. The molecule has 0 amide bonds. The fraction of sp³-hybridized carbons (Fsp3) is 0.333. The molecule has 1 saturated heterocycles. The highest BCUT2D eigenvalue weighted by molar-refractivity contribution is 6.31. The molecule has 0 unspecified atom stereocenters. The Bertz CT molecular complexity index is 701. The quantitative estimate of drug-likeness (QED) is 0.896. The monoisotopic (exact) mass is 341 g/mol. The van der Waals surface area contributed by atoms with Crippen LogP contribution >= 0.6 is 11.6 Å². The van der Waals surface area contributed by atoms with E-state index in [1.165, 1.54) is 22.4 Å². The number of benzene rings is 2. The van der Waals surface area contributed by atoms with Crippen molar-refractivity contribution in [3.05, 3.63) is 70.3 Å². The fourth-order valence-electron chi connectivity index (χ4n) is 3.32. The van der Waals surface area contributed by atoms with Gasteiger partial charge in [0.1, 0.15) is 6.54 Å². The summed E-state index contributed by atoms with van der Waals surface area (Å²) in [6, 6.07) is 17.0.